The van der Waals surface area contributed by atoms with Crippen molar-refractivity contribution in [2.45, 2.75) is 0 Å². The Labute approximate surface area is 120 Å². The van der Waals surface area contributed by atoms with Crippen LogP contribution in [0.15, 0.2) is 47.4 Å². The van der Waals surface area contributed by atoms with E-state index in [0.29, 0.717) is 5.69 Å². The lowest BCUT2D eigenvalue weighted by atomic mass is 10.2. The number of carbonyl (C=O) groups excluding carboxylic acids is 1. The molecule has 0 fully saturated rings. The fourth-order valence-electron chi connectivity index (χ4n) is 1.82. The van der Waals surface area contributed by atoms with Gasteiger partial charge in [-0.25, -0.2) is 4.79 Å². The number of benzene rings is 1. The average Bonchev–Trinajstić information content (AvgIpc) is 2.48. The molecule has 2 aromatic rings. The van der Waals surface area contributed by atoms with E-state index < -0.39 is 5.97 Å². The van der Waals surface area contributed by atoms with Crippen LogP contribution in [0.2, 0.25) is 0 Å². The zero-order valence-corrected chi connectivity index (χ0v) is 11.6. The first-order valence-corrected chi connectivity index (χ1v) is 6.18. The minimum Gasteiger partial charge on any atom is -0.478 e. The van der Waals surface area contributed by atoms with Crippen LogP contribution in [-0.4, -0.2) is 28.6 Å². The van der Waals surface area contributed by atoms with Gasteiger partial charge in [0.15, 0.2) is 0 Å². The number of carboxylic acids is 1. The van der Waals surface area contributed by atoms with Gasteiger partial charge < -0.3 is 14.6 Å². The highest BCUT2D eigenvalue weighted by atomic mass is 16.4. The van der Waals surface area contributed by atoms with Gasteiger partial charge in [-0.3, -0.25) is 9.59 Å². The van der Waals surface area contributed by atoms with Crippen LogP contribution in [0.1, 0.15) is 20.7 Å². The SMILES string of the molecule is CN(C(=O)c1ccn(C)c(=O)c1)c1ccc(C(=O)O)cc1. The van der Waals surface area contributed by atoms with E-state index in [0.717, 1.165) is 0 Å². The van der Waals surface area contributed by atoms with Gasteiger partial charge in [-0.05, 0) is 30.3 Å². The highest BCUT2D eigenvalue weighted by molar-refractivity contribution is 6.05. The maximum absolute atomic E-state index is 12.3. The molecule has 1 heterocycles. The molecule has 0 atom stereocenters. The smallest absolute Gasteiger partial charge is 0.335 e. The van der Waals surface area contributed by atoms with Gasteiger partial charge in [0.1, 0.15) is 0 Å². The van der Waals surface area contributed by atoms with Crippen LogP contribution in [0.3, 0.4) is 0 Å². The molecule has 0 saturated carbocycles. The highest BCUT2D eigenvalue weighted by Crippen LogP contribution is 2.16. The van der Waals surface area contributed by atoms with Crippen molar-refractivity contribution < 1.29 is 14.7 Å². The lowest BCUT2D eigenvalue weighted by Crippen LogP contribution is -2.28. The second-order valence-corrected chi connectivity index (χ2v) is 4.58. The average molecular weight is 286 g/mol. The highest BCUT2D eigenvalue weighted by Gasteiger charge is 2.14. The number of aromatic carboxylic acids is 1. The summed E-state index contributed by atoms with van der Waals surface area (Å²) in [5, 5.41) is 8.84. The molecule has 21 heavy (non-hydrogen) atoms. The summed E-state index contributed by atoms with van der Waals surface area (Å²) in [7, 11) is 3.17. The number of nitrogens with zero attached hydrogens (tertiary/aromatic N) is 2. The summed E-state index contributed by atoms with van der Waals surface area (Å²) >= 11 is 0. The zero-order valence-electron chi connectivity index (χ0n) is 11.6. The predicted molar refractivity (Wildman–Crippen MR) is 77.8 cm³/mol. The maximum atomic E-state index is 12.3. The molecule has 6 heteroatoms. The lowest BCUT2D eigenvalue weighted by molar-refractivity contribution is 0.0696. The van der Waals surface area contributed by atoms with Gasteiger partial charge >= 0.3 is 5.97 Å². The van der Waals surface area contributed by atoms with Gasteiger partial charge in [0, 0.05) is 37.6 Å². The Morgan fingerprint density at radius 1 is 1.10 bits per heavy atom. The predicted octanol–water partition coefficient (Wildman–Crippen LogP) is 1.36. The quantitative estimate of drug-likeness (QED) is 0.924. The number of aryl methyl sites for hydroxylation is 1. The standard InChI is InChI=1S/C15H14N2O4/c1-16-8-7-11(9-13(16)18)14(19)17(2)12-5-3-10(4-6-12)15(20)21/h3-9H,1-2H3,(H,20,21). The number of anilines is 1. The Kier molecular flexibility index (Phi) is 3.89. The fourth-order valence-corrected chi connectivity index (χ4v) is 1.82. The third kappa shape index (κ3) is 3.00. The largest absolute Gasteiger partial charge is 0.478 e. The van der Waals surface area contributed by atoms with Crippen molar-refractivity contribution in [3.63, 3.8) is 0 Å². The van der Waals surface area contributed by atoms with Gasteiger partial charge in [-0.1, -0.05) is 0 Å². The molecule has 0 bridgehead atoms. The number of carbonyl (C=O) groups is 2. The number of rotatable bonds is 3. The molecule has 0 spiro atoms. The van der Waals surface area contributed by atoms with E-state index in [2.05, 4.69) is 0 Å². The second-order valence-electron chi connectivity index (χ2n) is 4.58. The molecule has 1 amide bonds. The first kappa shape index (κ1) is 14.5. The Morgan fingerprint density at radius 3 is 2.24 bits per heavy atom. The Morgan fingerprint density at radius 2 is 1.71 bits per heavy atom. The van der Waals surface area contributed by atoms with Crippen LogP contribution in [0.5, 0.6) is 0 Å². The van der Waals surface area contributed by atoms with E-state index >= 15 is 0 Å². The number of aromatic nitrogens is 1. The number of carboxylic acid groups (broad SMARTS) is 1. The van der Waals surface area contributed by atoms with Crippen LogP contribution >= 0.6 is 0 Å². The minimum atomic E-state index is -1.03. The molecule has 0 aliphatic heterocycles. The van der Waals surface area contributed by atoms with Crippen molar-refractivity contribution in [1.82, 2.24) is 4.57 Å². The van der Waals surface area contributed by atoms with E-state index in [1.165, 1.54) is 33.9 Å². The van der Waals surface area contributed by atoms with E-state index in [1.807, 2.05) is 0 Å². The summed E-state index contributed by atoms with van der Waals surface area (Å²) in [5.74, 6) is -1.36. The van der Waals surface area contributed by atoms with Crippen LogP contribution in [0.4, 0.5) is 5.69 Å². The second kappa shape index (κ2) is 5.62. The minimum absolute atomic E-state index is 0.146. The molecule has 0 aliphatic carbocycles. The van der Waals surface area contributed by atoms with Crippen LogP contribution in [0.25, 0.3) is 0 Å². The van der Waals surface area contributed by atoms with Gasteiger partial charge in [-0.2, -0.15) is 0 Å². The number of amides is 1. The summed E-state index contributed by atoms with van der Waals surface area (Å²) in [4.78, 5) is 36.0. The summed E-state index contributed by atoms with van der Waals surface area (Å²) in [6.45, 7) is 0. The monoisotopic (exact) mass is 286 g/mol. The van der Waals surface area contributed by atoms with Crippen molar-refractivity contribution in [3.8, 4) is 0 Å². The van der Waals surface area contributed by atoms with Gasteiger partial charge in [0.2, 0.25) is 0 Å². The third-order valence-electron chi connectivity index (χ3n) is 3.16. The summed E-state index contributed by atoms with van der Waals surface area (Å²) < 4.78 is 1.37. The number of hydrogen-bond acceptors (Lipinski definition) is 3. The Hall–Kier alpha value is -2.89. The lowest BCUT2D eigenvalue weighted by Gasteiger charge is -2.17. The van der Waals surface area contributed by atoms with E-state index in [4.69, 9.17) is 5.11 Å². The molecule has 1 aromatic carbocycles. The van der Waals surface area contributed by atoms with Gasteiger partial charge in [0.05, 0.1) is 5.56 Å². The molecule has 1 N–H and O–H groups in total. The summed E-state index contributed by atoms with van der Waals surface area (Å²) in [6.07, 6.45) is 1.52. The fraction of sp³-hybridized carbons (Fsp3) is 0.133. The number of pyridine rings is 1. The van der Waals surface area contributed by atoms with E-state index in [9.17, 15) is 14.4 Å². The van der Waals surface area contributed by atoms with E-state index in [-0.39, 0.29) is 22.6 Å². The maximum Gasteiger partial charge on any atom is 0.335 e. The van der Waals surface area contributed by atoms with E-state index in [1.54, 1.807) is 32.3 Å². The Bertz CT molecular complexity index is 747. The van der Waals surface area contributed by atoms with Gasteiger partial charge in [-0.15, -0.1) is 0 Å². The zero-order chi connectivity index (χ0) is 15.6. The molecule has 0 radical (unpaired) electrons. The molecule has 0 aliphatic rings. The molecule has 0 saturated heterocycles. The van der Waals surface area contributed by atoms with Crippen molar-refractivity contribution in [2.75, 3.05) is 11.9 Å². The molecule has 6 nitrogen and oxygen atoms in total. The Balaban J connectivity index is 2.28. The molecule has 108 valence electrons. The van der Waals surface area contributed by atoms with Gasteiger partial charge in [0.25, 0.3) is 11.5 Å². The molecular formula is C15H14N2O4. The molecule has 0 unspecified atom stereocenters. The van der Waals surface area contributed by atoms with Crippen molar-refractivity contribution >= 4 is 17.6 Å². The van der Waals surface area contributed by atoms with Crippen molar-refractivity contribution in [2.24, 2.45) is 7.05 Å². The topological polar surface area (TPSA) is 79.6 Å². The third-order valence-corrected chi connectivity index (χ3v) is 3.16. The summed E-state index contributed by atoms with van der Waals surface area (Å²) in [6, 6.07) is 8.76. The molecule has 2 rings (SSSR count). The number of hydrogen-bond donors (Lipinski definition) is 1. The van der Waals surface area contributed by atoms with Crippen LogP contribution < -0.4 is 10.5 Å². The molecular weight excluding hydrogens is 272 g/mol. The van der Waals surface area contributed by atoms with Crippen LogP contribution in [-0.2, 0) is 7.05 Å². The van der Waals surface area contributed by atoms with Crippen molar-refractivity contribution in [3.05, 3.63) is 64.1 Å². The first-order valence-electron chi connectivity index (χ1n) is 6.18. The summed E-state index contributed by atoms with van der Waals surface area (Å²) in [5.41, 5.74) is 0.706. The normalized spacial score (nSPS) is 10.2. The van der Waals surface area contributed by atoms with Crippen LogP contribution in [0, 0.1) is 0 Å². The van der Waals surface area contributed by atoms with Crippen molar-refractivity contribution in [1.29, 1.82) is 0 Å². The first-order chi connectivity index (χ1) is 9.90. The molecule has 1 aromatic heterocycles.